The Labute approximate surface area is 116 Å². The number of carboxylic acid groups (broad SMARTS) is 1. The van der Waals surface area contributed by atoms with Crippen LogP contribution in [0.5, 0.6) is 0 Å². The van der Waals surface area contributed by atoms with Crippen molar-refractivity contribution in [1.29, 1.82) is 0 Å². The van der Waals surface area contributed by atoms with Crippen molar-refractivity contribution in [3.63, 3.8) is 0 Å². The largest absolute Gasteiger partial charge is 0.481 e. The number of benzene rings is 1. The highest BCUT2D eigenvalue weighted by Crippen LogP contribution is 2.30. The van der Waals surface area contributed by atoms with Crippen LogP contribution in [0.1, 0.15) is 24.8 Å². The highest BCUT2D eigenvalue weighted by Gasteiger charge is 2.37. The molecule has 3 atom stereocenters. The number of fused-ring (bicyclic) bond motifs is 1. The number of amidine groups is 1. The molecule has 0 bridgehead atoms. The minimum Gasteiger partial charge on any atom is -0.481 e. The Balaban J connectivity index is 1.67. The predicted molar refractivity (Wildman–Crippen MR) is 73.2 cm³/mol. The van der Waals surface area contributed by atoms with Crippen molar-refractivity contribution in [3.05, 3.63) is 35.6 Å². The lowest BCUT2D eigenvalue weighted by Gasteiger charge is -2.28. The molecule has 5 heteroatoms. The van der Waals surface area contributed by atoms with Gasteiger partial charge in [-0.2, -0.15) is 0 Å². The van der Waals surface area contributed by atoms with E-state index in [-0.39, 0.29) is 23.8 Å². The van der Waals surface area contributed by atoms with Gasteiger partial charge < -0.3 is 10.4 Å². The molecule has 20 heavy (non-hydrogen) atoms. The first-order valence-corrected chi connectivity index (χ1v) is 6.93. The molecule has 1 fully saturated rings. The number of hydrogen-bond acceptors (Lipinski definition) is 3. The van der Waals surface area contributed by atoms with Gasteiger partial charge in [-0.15, -0.1) is 0 Å². The molecule has 0 spiro atoms. The summed E-state index contributed by atoms with van der Waals surface area (Å²) in [5.74, 6) is -0.467. The van der Waals surface area contributed by atoms with E-state index in [4.69, 9.17) is 5.11 Å². The zero-order valence-corrected chi connectivity index (χ0v) is 11.1. The van der Waals surface area contributed by atoms with Crippen LogP contribution in [-0.2, 0) is 11.2 Å². The van der Waals surface area contributed by atoms with E-state index in [9.17, 15) is 9.18 Å². The molecule has 1 heterocycles. The number of aliphatic carboxylic acids is 1. The van der Waals surface area contributed by atoms with Crippen LogP contribution >= 0.6 is 0 Å². The number of hydrogen-bond donors (Lipinski definition) is 2. The maximum Gasteiger partial charge on any atom is 0.306 e. The predicted octanol–water partition coefficient (Wildman–Crippen LogP) is 1.99. The molecule has 1 aliphatic heterocycles. The third-order valence-electron chi connectivity index (χ3n) is 4.15. The third-order valence-corrected chi connectivity index (χ3v) is 4.15. The summed E-state index contributed by atoms with van der Waals surface area (Å²) >= 11 is 0. The van der Waals surface area contributed by atoms with Gasteiger partial charge in [0.2, 0.25) is 0 Å². The number of carboxylic acids is 1. The Morgan fingerprint density at radius 3 is 2.95 bits per heavy atom. The summed E-state index contributed by atoms with van der Waals surface area (Å²) in [5.41, 5.74) is 0.618. The van der Waals surface area contributed by atoms with E-state index in [1.54, 1.807) is 18.2 Å². The van der Waals surface area contributed by atoms with Gasteiger partial charge in [0.15, 0.2) is 0 Å². The van der Waals surface area contributed by atoms with Gasteiger partial charge in [-0.1, -0.05) is 18.2 Å². The second-order valence-corrected chi connectivity index (χ2v) is 5.51. The molecule has 1 aliphatic carbocycles. The minimum absolute atomic E-state index is 0.0895. The molecule has 2 N–H and O–H groups in total. The Hall–Kier alpha value is -1.91. The van der Waals surface area contributed by atoms with Gasteiger partial charge >= 0.3 is 5.97 Å². The molecule has 106 valence electrons. The smallest absolute Gasteiger partial charge is 0.306 e. The maximum absolute atomic E-state index is 13.6. The Morgan fingerprint density at radius 1 is 1.40 bits per heavy atom. The SMILES string of the molecule is O=C(O)C1CCC2N=C(Cc3ccccc3F)NC2C1. The van der Waals surface area contributed by atoms with Crippen LogP contribution in [0, 0.1) is 11.7 Å². The lowest BCUT2D eigenvalue weighted by atomic mass is 9.83. The summed E-state index contributed by atoms with van der Waals surface area (Å²) in [5, 5.41) is 12.4. The van der Waals surface area contributed by atoms with Gasteiger partial charge in [0.1, 0.15) is 11.7 Å². The van der Waals surface area contributed by atoms with E-state index in [1.807, 2.05) is 0 Å². The summed E-state index contributed by atoms with van der Waals surface area (Å²) in [6, 6.07) is 6.90. The van der Waals surface area contributed by atoms with Crippen molar-refractivity contribution in [2.24, 2.45) is 10.9 Å². The van der Waals surface area contributed by atoms with Gasteiger partial charge in [0.05, 0.1) is 18.0 Å². The van der Waals surface area contributed by atoms with Crippen molar-refractivity contribution < 1.29 is 14.3 Å². The van der Waals surface area contributed by atoms with E-state index in [1.165, 1.54) is 6.07 Å². The average molecular weight is 276 g/mol. The molecule has 0 radical (unpaired) electrons. The van der Waals surface area contributed by atoms with Crippen LogP contribution in [0.2, 0.25) is 0 Å². The number of carbonyl (C=O) groups is 1. The van der Waals surface area contributed by atoms with Crippen molar-refractivity contribution in [1.82, 2.24) is 5.32 Å². The highest BCUT2D eigenvalue weighted by molar-refractivity contribution is 5.86. The molecular weight excluding hydrogens is 259 g/mol. The maximum atomic E-state index is 13.6. The summed E-state index contributed by atoms with van der Waals surface area (Å²) in [4.78, 5) is 15.6. The van der Waals surface area contributed by atoms with E-state index in [2.05, 4.69) is 10.3 Å². The first kappa shape index (κ1) is 13.1. The average Bonchev–Trinajstić information content (AvgIpc) is 2.82. The van der Waals surface area contributed by atoms with Crippen LogP contribution in [0.15, 0.2) is 29.3 Å². The summed E-state index contributed by atoms with van der Waals surface area (Å²) in [6.45, 7) is 0. The zero-order chi connectivity index (χ0) is 14.1. The number of rotatable bonds is 3. The normalized spacial score (nSPS) is 28.4. The van der Waals surface area contributed by atoms with Crippen molar-refractivity contribution in [2.45, 2.75) is 37.8 Å². The lowest BCUT2D eigenvalue weighted by Crippen LogP contribution is -2.41. The fourth-order valence-electron chi connectivity index (χ4n) is 3.06. The van der Waals surface area contributed by atoms with E-state index in [0.717, 1.165) is 12.3 Å². The topological polar surface area (TPSA) is 61.7 Å². The molecule has 1 saturated carbocycles. The fraction of sp³-hybridized carbons (Fsp3) is 0.467. The number of halogens is 1. The first-order valence-electron chi connectivity index (χ1n) is 6.93. The van der Waals surface area contributed by atoms with Crippen molar-refractivity contribution in [3.8, 4) is 0 Å². The molecular formula is C15H17FN2O2. The molecule has 3 unspecified atom stereocenters. The van der Waals surface area contributed by atoms with Gasteiger partial charge in [-0.3, -0.25) is 9.79 Å². The van der Waals surface area contributed by atoms with Gasteiger partial charge in [0.25, 0.3) is 0 Å². The van der Waals surface area contributed by atoms with Crippen molar-refractivity contribution >= 4 is 11.8 Å². The van der Waals surface area contributed by atoms with E-state index >= 15 is 0 Å². The highest BCUT2D eigenvalue weighted by atomic mass is 19.1. The molecule has 4 nitrogen and oxygen atoms in total. The molecule has 1 aromatic carbocycles. The third kappa shape index (κ3) is 2.53. The Morgan fingerprint density at radius 2 is 2.20 bits per heavy atom. The summed E-state index contributed by atoms with van der Waals surface area (Å²) in [7, 11) is 0. The second-order valence-electron chi connectivity index (χ2n) is 5.51. The Bertz CT molecular complexity index is 559. The standard InChI is InChI=1S/C15H17FN2O2/c16-11-4-2-1-3-9(11)8-14-17-12-6-5-10(15(19)20)7-13(12)18-14/h1-4,10,12-13H,5-8H2,(H,17,18)(H,19,20). The minimum atomic E-state index is -0.729. The summed E-state index contributed by atoms with van der Waals surface area (Å²) < 4.78 is 13.6. The van der Waals surface area contributed by atoms with Crippen LogP contribution in [0.25, 0.3) is 0 Å². The summed E-state index contributed by atoms with van der Waals surface area (Å²) in [6.07, 6.45) is 2.51. The molecule has 1 aromatic rings. The van der Waals surface area contributed by atoms with Crippen LogP contribution in [-0.4, -0.2) is 29.0 Å². The van der Waals surface area contributed by atoms with Gasteiger partial charge in [-0.05, 0) is 30.9 Å². The molecule has 2 aliphatic rings. The van der Waals surface area contributed by atoms with Crippen LogP contribution in [0.4, 0.5) is 4.39 Å². The van der Waals surface area contributed by atoms with Crippen LogP contribution in [0.3, 0.4) is 0 Å². The Kier molecular flexibility index (Phi) is 3.42. The molecule has 0 amide bonds. The fourth-order valence-corrected chi connectivity index (χ4v) is 3.06. The quantitative estimate of drug-likeness (QED) is 0.887. The number of aliphatic imine (C=N–C) groups is 1. The molecule has 0 aromatic heterocycles. The number of nitrogens with zero attached hydrogens (tertiary/aromatic N) is 1. The van der Waals surface area contributed by atoms with Crippen LogP contribution < -0.4 is 5.32 Å². The first-order chi connectivity index (χ1) is 9.63. The lowest BCUT2D eigenvalue weighted by molar-refractivity contribution is -0.143. The molecule has 3 rings (SSSR count). The zero-order valence-electron chi connectivity index (χ0n) is 11.1. The number of nitrogens with one attached hydrogen (secondary N) is 1. The molecule has 0 saturated heterocycles. The monoisotopic (exact) mass is 276 g/mol. The van der Waals surface area contributed by atoms with Gasteiger partial charge in [0, 0.05) is 6.42 Å². The van der Waals surface area contributed by atoms with Gasteiger partial charge in [-0.25, -0.2) is 4.39 Å². The van der Waals surface area contributed by atoms with E-state index < -0.39 is 5.97 Å². The van der Waals surface area contributed by atoms with Crippen molar-refractivity contribution in [2.75, 3.05) is 0 Å². The van der Waals surface area contributed by atoms with E-state index in [0.29, 0.717) is 24.8 Å². The second kappa shape index (κ2) is 5.23.